The lowest BCUT2D eigenvalue weighted by Gasteiger charge is -2.13. The van der Waals surface area contributed by atoms with E-state index in [1.54, 1.807) is 6.92 Å². The molecular formula is C12H15NO. The van der Waals surface area contributed by atoms with E-state index in [-0.39, 0.29) is 11.8 Å². The van der Waals surface area contributed by atoms with Crippen LogP contribution in [0.3, 0.4) is 0 Å². The minimum Gasteiger partial charge on any atom is -0.298 e. The van der Waals surface area contributed by atoms with Gasteiger partial charge in [0.1, 0.15) is 5.78 Å². The lowest BCUT2D eigenvalue weighted by molar-refractivity contribution is -0.117. The summed E-state index contributed by atoms with van der Waals surface area (Å²) < 4.78 is 0. The number of rotatable bonds is 3. The predicted molar refractivity (Wildman–Crippen MR) is 56.0 cm³/mol. The van der Waals surface area contributed by atoms with Crippen LogP contribution in [0.1, 0.15) is 25.5 Å². The maximum atomic E-state index is 11.1. The molecule has 1 saturated heterocycles. The van der Waals surface area contributed by atoms with Crippen LogP contribution in [0.5, 0.6) is 0 Å². The molecule has 1 unspecified atom stereocenters. The van der Waals surface area contributed by atoms with Crippen molar-refractivity contribution in [1.29, 1.82) is 0 Å². The molecule has 0 aromatic heterocycles. The average Bonchev–Trinajstić information content (AvgIpc) is 2.97. The Balaban J connectivity index is 2.05. The molecule has 0 aliphatic carbocycles. The molecule has 0 amide bonds. The van der Waals surface area contributed by atoms with Crippen molar-refractivity contribution in [1.82, 2.24) is 4.90 Å². The molecule has 1 aliphatic rings. The fourth-order valence-electron chi connectivity index (χ4n) is 1.87. The molecule has 74 valence electrons. The molecular weight excluding hydrogens is 174 g/mol. The Morgan fingerprint density at radius 2 is 2.07 bits per heavy atom. The van der Waals surface area contributed by atoms with Crippen molar-refractivity contribution in [3.63, 3.8) is 0 Å². The van der Waals surface area contributed by atoms with Gasteiger partial charge in [0.15, 0.2) is 0 Å². The van der Waals surface area contributed by atoms with Crippen LogP contribution in [-0.2, 0) is 4.79 Å². The van der Waals surface area contributed by atoms with E-state index < -0.39 is 0 Å². The smallest absolute Gasteiger partial charge is 0.148 e. The van der Waals surface area contributed by atoms with E-state index in [1.165, 1.54) is 5.56 Å². The summed E-state index contributed by atoms with van der Waals surface area (Å²) in [5.74, 6) is 0.285. The molecule has 0 N–H and O–H groups in total. The minimum atomic E-state index is 0.171. The Bertz CT molecular complexity index is 333. The SMILES string of the molecule is CC(=O)[C@H]1CN1[C@H](C)c1ccccc1. The van der Waals surface area contributed by atoms with E-state index in [4.69, 9.17) is 0 Å². The topological polar surface area (TPSA) is 20.1 Å². The lowest BCUT2D eigenvalue weighted by atomic mass is 10.1. The maximum absolute atomic E-state index is 11.1. The van der Waals surface area contributed by atoms with E-state index in [9.17, 15) is 4.79 Å². The Hall–Kier alpha value is -1.15. The van der Waals surface area contributed by atoms with Gasteiger partial charge >= 0.3 is 0 Å². The van der Waals surface area contributed by atoms with E-state index in [0.29, 0.717) is 6.04 Å². The number of ketones is 1. The third-order valence-corrected chi connectivity index (χ3v) is 2.90. The Labute approximate surface area is 84.5 Å². The summed E-state index contributed by atoms with van der Waals surface area (Å²) in [7, 11) is 0. The van der Waals surface area contributed by atoms with Crippen LogP contribution in [-0.4, -0.2) is 23.3 Å². The molecule has 0 spiro atoms. The van der Waals surface area contributed by atoms with Crippen LogP contribution >= 0.6 is 0 Å². The standard InChI is InChI=1S/C12H15NO/c1-9(11-6-4-3-5-7-11)13-8-12(13)10(2)14/h3-7,9,12H,8H2,1-2H3/t9-,12-,13?/m1/s1. The van der Waals surface area contributed by atoms with Gasteiger partial charge in [-0.15, -0.1) is 0 Å². The number of nitrogens with zero attached hydrogens (tertiary/aromatic N) is 1. The molecule has 0 bridgehead atoms. The number of carbonyl (C=O) groups is 1. The molecule has 1 aliphatic heterocycles. The van der Waals surface area contributed by atoms with Crippen LogP contribution in [0.2, 0.25) is 0 Å². The van der Waals surface area contributed by atoms with Crippen molar-refractivity contribution in [2.45, 2.75) is 25.9 Å². The van der Waals surface area contributed by atoms with E-state index in [0.717, 1.165) is 6.54 Å². The van der Waals surface area contributed by atoms with Crippen LogP contribution in [0.15, 0.2) is 30.3 Å². The molecule has 2 rings (SSSR count). The van der Waals surface area contributed by atoms with Crippen molar-refractivity contribution in [3.8, 4) is 0 Å². The van der Waals surface area contributed by atoms with E-state index in [2.05, 4.69) is 24.0 Å². The number of benzene rings is 1. The fraction of sp³-hybridized carbons (Fsp3) is 0.417. The molecule has 1 heterocycles. The van der Waals surface area contributed by atoms with Crippen molar-refractivity contribution >= 4 is 5.78 Å². The first kappa shape index (κ1) is 9.41. The highest BCUT2D eigenvalue weighted by atomic mass is 16.1. The van der Waals surface area contributed by atoms with Gasteiger partial charge in [-0.25, -0.2) is 0 Å². The number of carbonyl (C=O) groups excluding carboxylic acids is 1. The first-order valence-corrected chi connectivity index (χ1v) is 5.01. The zero-order chi connectivity index (χ0) is 10.1. The van der Waals surface area contributed by atoms with Gasteiger partial charge in [0.25, 0.3) is 0 Å². The highest BCUT2D eigenvalue weighted by molar-refractivity contribution is 5.84. The second-order valence-electron chi connectivity index (χ2n) is 3.91. The van der Waals surface area contributed by atoms with Gasteiger partial charge in [-0.2, -0.15) is 0 Å². The lowest BCUT2D eigenvalue weighted by Crippen LogP contribution is -2.13. The maximum Gasteiger partial charge on any atom is 0.148 e. The molecule has 1 aromatic rings. The highest BCUT2D eigenvalue weighted by Crippen LogP contribution is 2.31. The number of hydrogen-bond donors (Lipinski definition) is 0. The quantitative estimate of drug-likeness (QED) is 0.678. The second-order valence-corrected chi connectivity index (χ2v) is 3.91. The summed E-state index contributed by atoms with van der Waals surface area (Å²) in [6.07, 6.45) is 0. The summed E-state index contributed by atoms with van der Waals surface area (Å²) in [6, 6.07) is 10.9. The van der Waals surface area contributed by atoms with Crippen molar-refractivity contribution in [2.75, 3.05) is 6.54 Å². The fourth-order valence-corrected chi connectivity index (χ4v) is 1.87. The molecule has 1 fully saturated rings. The first-order chi connectivity index (χ1) is 6.70. The van der Waals surface area contributed by atoms with E-state index in [1.807, 2.05) is 18.2 Å². The van der Waals surface area contributed by atoms with Crippen LogP contribution in [0.25, 0.3) is 0 Å². The molecule has 0 saturated carbocycles. The highest BCUT2D eigenvalue weighted by Gasteiger charge is 2.41. The molecule has 2 heteroatoms. The zero-order valence-corrected chi connectivity index (χ0v) is 8.60. The number of Topliss-reactive ketones (excluding diaryl/α,β-unsaturated/α-hetero) is 1. The summed E-state index contributed by atoms with van der Waals surface area (Å²) in [5, 5.41) is 0. The Morgan fingerprint density at radius 1 is 1.43 bits per heavy atom. The molecule has 0 radical (unpaired) electrons. The van der Waals surface area contributed by atoms with Crippen molar-refractivity contribution in [3.05, 3.63) is 35.9 Å². The summed E-state index contributed by atoms with van der Waals surface area (Å²) in [5.41, 5.74) is 1.29. The molecule has 2 nitrogen and oxygen atoms in total. The van der Waals surface area contributed by atoms with Gasteiger partial charge in [-0.3, -0.25) is 9.69 Å². The first-order valence-electron chi connectivity index (χ1n) is 5.01. The Morgan fingerprint density at radius 3 is 2.57 bits per heavy atom. The normalized spacial score (nSPS) is 27.0. The third-order valence-electron chi connectivity index (χ3n) is 2.90. The minimum absolute atomic E-state index is 0.171. The molecule has 1 aromatic carbocycles. The third kappa shape index (κ3) is 1.70. The largest absolute Gasteiger partial charge is 0.298 e. The van der Waals surface area contributed by atoms with E-state index >= 15 is 0 Å². The van der Waals surface area contributed by atoms with Crippen molar-refractivity contribution < 1.29 is 4.79 Å². The van der Waals surface area contributed by atoms with Gasteiger partial charge in [0.05, 0.1) is 6.04 Å². The molecule has 3 atom stereocenters. The predicted octanol–water partition coefficient (Wildman–Crippen LogP) is 2.02. The van der Waals surface area contributed by atoms with Crippen LogP contribution in [0.4, 0.5) is 0 Å². The van der Waals surface area contributed by atoms with Crippen molar-refractivity contribution in [2.24, 2.45) is 0 Å². The zero-order valence-electron chi connectivity index (χ0n) is 8.60. The van der Waals surface area contributed by atoms with Gasteiger partial charge < -0.3 is 0 Å². The summed E-state index contributed by atoms with van der Waals surface area (Å²) in [6.45, 7) is 4.74. The van der Waals surface area contributed by atoms with Gasteiger partial charge in [-0.05, 0) is 19.4 Å². The second kappa shape index (κ2) is 3.54. The van der Waals surface area contributed by atoms with Gasteiger partial charge in [0.2, 0.25) is 0 Å². The number of hydrogen-bond acceptors (Lipinski definition) is 2. The summed E-state index contributed by atoms with van der Waals surface area (Å²) >= 11 is 0. The monoisotopic (exact) mass is 189 g/mol. The average molecular weight is 189 g/mol. The molecule has 14 heavy (non-hydrogen) atoms. The van der Waals surface area contributed by atoms with Gasteiger partial charge in [-0.1, -0.05) is 30.3 Å². The van der Waals surface area contributed by atoms with Crippen LogP contribution in [0, 0.1) is 0 Å². The summed E-state index contributed by atoms with van der Waals surface area (Å²) in [4.78, 5) is 13.3. The van der Waals surface area contributed by atoms with Gasteiger partial charge in [0, 0.05) is 12.6 Å². The Kier molecular flexibility index (Phi) is 2.38. The van der Waals surface area contributed by atoms with Crippen LogP contribution < -0.4 is 0 Å².